The van der Waals surface area contributed by atoms with Crippen molar-refractivity contribution in [2.45, 2.75) is 77.9 Å². The van der Waals surface area contributed by atoms with Gasteiger partial charge in [-0.2, -0.15) is 0 Å². The summed E-state index contributed by atoms with van der Waals surface area (Å²) in [7, 11) is 1.33. The molecule has 3 atom stereocenters. The van der Waals surface area contributed by atoms with Crippen molar-refractivity contribution in [3.05, 3.63) is 23.8 Å². The number of ether oxygens (including phenoxy) is 3. The monoisotopic (exact) mass is 405 g/mol. The average molecular weight is 406 g/mol. The molecule has 0 aliphatic heterocycles. The van der Waals surface area contributed by atoms with Gasteiger partial charge in [-0.3, -0.25) is 4.79 Å². The molecule has 1 saturated carbocycles. The van der Waals surface area contributed by atoms with E-state index < -0.39 is 11.6 Å². The van der Waals surface area contributed by atoms with E-state index in [2.05, 4.69) is 12.2 Å². The summed E-state index contributed by atoms with van der Waals surface area (Å²) in [6.45, 7) is 8.70. The minimum atomic E-state index is -0.814. The van der Waals surface area contributed by atoms with Gasteiger partial charge in [0.15, 0.2) is 0 Å². The number of benzene rings is 1. The Labute approximate surface area is 174 Å². The Kier molecular flexibility index (Phi) is 8.50. The Morgan fingerprint density at radius 1 is 1.31 bits per heavy atom. The number of esters is 1. The summed E-state index contributed by atoms with van der Waals surface area (Å²) in [6.07, 6.45) is 5.13. The lowest BCUT2D eigenvalue weighted by Gasteiger charge is -2.38. The van der Waals surface area contributed by atoms with Gasteiger partial charge in [-0.1, -0.05) is 27.2 Å². The predicted octanol–water partition coefficient (Wildman–Crippen LogP) is 4.96. The van der Waals surface area contributed by atoms with E-state index in [1.54, 1.807) is 18.2 Å². The molecule has 1 aliphatic carbocycles. The zero-order valence-corrected chi connectivity index (χ0v) is 18.4. The highest BCUT2D eigenvalue weighted by Crippen LogP contribution is 2.37. The van der Waals surface area contributed by atoms with Gasteiger partial charge in [0.2, 0.25) is 0 Å². The molecule has 162 valence electrons. The van der Waals surface area contributed by atoms with Crippen LogP contribution < -0.4 is 10.1 Å². The number of nitrogens with one attached hydrogen (secondary N) is 1. The van der Waals surface area contributed by atoms with Gasteiger partial charge in [0.05, 0.1) is 13.2 Å². The molecule has 0 heterocycles. The fourth-order valence-corrected chi connectivity index (χ4v) is 3.73. The first-order valence-electron chi connectivity index (χ1n) is 10.7. The van der Waals surface area contributed by atoms with E-state index in [9.17, 15) is 9.59 Å². The lowest BCUT2D eigenvalue weighted by Crippen LogP contribution is -2.48. The summed E-state index contributed by atoms with van der Waals surface area (Å²) in [5, 5.41) is 2.97. The molecule has 1 aliphatic rings. The molecule has 6 nitrogen and oxygen atoms in total. The molecule has 0 radical (unpaired) electrons. The van der Waals surface area contributed by atoms with Crippen molar-refractivity contribution in [3.63, 3.8) is 0 Å². The summed E-state index contributed by atoms with van der Waals surface area (Å²) in [5.74, 6) is 0.238. The van der Waals surface area contributed by atoms with Crippen LogP contribution in [0, 0.1) is 5.92 Å². The fraction of sp³-hybridized carbons (Fsp3) is 0.652. The normalized spacial score (nSPS) is 22.6. The van der Waals surface area contributed by atoms with E-state index in [1.165, 1.54) is 7.11 Å². The summed E-state index contributed by atoms with van der Waals surface area (Å²) in [5.41, 5.74) is 0.0149. The zero-order chi connectivity index (χ0) is 21.4. The Morgan fingerprint density at radius 3 is 2.69 bits per heavy atom. The molecule has 1 fully saturated rings. The highest BCUT2D eigenvalue weighted by molar-refractivity contribution is 5.99. The third-order valence-corrected chi connectivity index (χ3v) is 5.50. The molecule has 0 unspecified atom stereocenters. The standard InChI is InChI=1S/C23H35NO5/c1-6-13-28-23(12-8-9-16(3)15-23)22(26)24-18-10-11-20(29-17(4)7-2)19(14-18)21(25)27-5/h10-11,14,16-17H,6-9,12-13,15H2,1-5H3,(H,24,26)/t16-,17+,23+/m1/s1. The average Bonchev–Trinajstić information content (AvgIpc) is 2.72. The number of hydrogen-bond acceptors (Lipinski definition) is 5. The van der Waals surface area contributed by atoms with Crippen LogP contribution >= 0.6 is 0 Å². The molecule has 1 aromatic rings. The quantitative estimate of drug-likeness (QED) is 0.588. The summed E-state index contributed by atoms with van der Waals surface area (Å²) >= 11 is 0. The number of carbonyl (C=O) groups excluding carboxylic acids is 2. The number of anilines is 1. The summed E-state index contributed by atoms with van der Waals surface area (Å²) in [6, 6.07) is 5.07. The van der Waals surface area contributed by atoms with Gasteiger partial charge in [0, 0.05) is 12.3 Å². The second-order valence-corrected chi connectivity index (χ2v) is 8.04. The first kappa shape index (κ1) is 23.2. The highest BCUT2D eigenvalue weighted by Gasteiger charge is 2.42. The Bertz CT molecular complexity index is 705. The van der Waals surface area contributed by atoms with E-state index in [0.29, 0.717) is 42.4 Å². The maximum atomic E-state index is 13.2. The number of methoxy groups -OCH3 is 1. The predicted molar refractivity (Wildman–Crippen MR) is 113 cm³/mol. The number of amides is 1. The minimum absolute atomic E-state index is 0.0340. The van der Waals surface area contributed by atoms with Crippen molar-refractivity contribution in [1.29, 1.82) is 0 Å². The first-order chi connectivity index (χ1) is 13.8. The van der Waals surface area contributed by atoms with Crippen LogP contribution in [-0.4, -0.2) is 37.3 Å². The van der Waals surface area contributed by atoms with Gasteiger partial charge < -0.3 is 19.5 Å². The van der Waals surface area contributed by atoms with Crippen LogP contribution in [0.4, 0.5) is 5.69 Å². The highest BCUT2D eigenvalue weighted by atomic mass is 16.5. The molecule has 1 aromatic carbocycles. The third-order valence-electron chi connectivity index (χ3n) is 5.50. The summed E-state index contributed by atoms with van der Waals surface area (Å²) < 4.78 is 16.8. The van der Waals surface area contributed by atoms with Crippen LogP contribution in [0.2, 0.25) is 0 Å². The minimum Gasteiger partial charge on any atom is -0.490 e. The van der Waals surface area contributed by atoms with Crippen molar-refractivity contribution in [2.24, 2.45) is 5.92 Å². The SMILES string of the molecule is CCCO[C@@]1(C(=O)Nc2ccc(O[C@@H](C)CC)c(C(=O)OC)c2)CCC[C@@H](C)C1. The van der Waals surface area contributed by atoms with Crippen molar-refractivity contribution in [3.8, 4) is 5.75 Å². The molecule has 2 rings (SSSR count). The van der Waals surface area contributed by atoms with E-state index in [0.717, 1.165) is 25.7 Å². The molecule has 1 amide bonds. The van der Waals surface area contributed by atoms with Crippen LogP contribution in [0.25, 0.3) is 0 Å². The molecular weight excluding hydrogens is 370 g/mol. The van der Waals surface area contributed by atoms with Crippen molar-refractivity contribution in [1.82, 2.24) is 0 Å². The molecule has 0 bridgehead atoms. The van der Waals surface area contributed by atoms with E-state index >= 15 is 0 Å². The molecule has 6 heteroatoms. The second-order valence-electron chi connectivity index (χ2n) is 8.04. The molecular formula is C23H35NO5. The van der Waals surface area contributed by atoms with Gasteiger partial charge >= 0.3 is 5.97 Å². The van der Waals surface area contributed by atoms with Crippen LogP contribution in [-0.2, 0) is 14.3 Å². The van der Waals surface area contributed by atoms with Gasteiger partial charge in [-0.15, -0.1) is 0 Å². The number of rotatable bonds is 9. The van der Waals surface area contributed by atoms with Gasteiger partial charge in [-0.05, 0) is 63.1 Å². The van der Waals surface area contributed by atoms with Gasteiger partial charge in [0.25, 0.3) is 5.91 Å². The Balaban J connectivity index is 2.26. The number of carbonyl (C=O) groups is 2. The Morgan fingerprint density at radius 2 is 2.07 bits per heavy atom. The lowest BCUT2D eigenvalue weighted by molar-refractivity contribution is -0.148. The smallest absolute Gasteiger partial charge is 0.341 e. The van der Waals surface area contributed by atoms with Crippen molar-refractivity contribution in [2.75, 3.05) is 19.0 Å². The van der Waals surface area contributed by atoms with E-state index in [-0.39, 0.29) is 12.0 Å². The first-order valence-corrected chi connectivity index (χ1v) is 10.7. The van der Waals surface area contributed by atoms with Crippen LogP contribution in [0.1, 0.15) is 76.6 Å². The zero-order valence-electron chi connectivity index (χ0n) is 18.4. The number of hydrogen-bond donors (Lipinski definition) is 1. The summed E-state index contributed by atoms with van der Waals surface area (Å²) in [4.78, 5) is 25.5. The lowest BCUT2D eigenvalue weighted by atomic mass is 9.78. The molecule has 1 N–H and O–H groups in total. The second kappa shape index (κ2) is 10.6. The van der Waals surface area contributed by atoms with Crippen LogP contribution in [0.15, 0.2) is 18.2 Å². The van der Waals surface area contributed by atoms with Crippen LogP contribution in [0.5, 0.6) is 5.75 Å². The largest absolute Gasteiger partial charge is 0.490 e. The topological polar surface area (TPSA) is 73.9 Å². The van der Waals surface area contributed by atoms with Gasteiger partial charge in [-0.25, -0.2) is 4.79 Å². The molecule has 29 heavy (non-hydrogen) atoms. The molecule has 0 saturated heterocycles. The molecule has 0 aromatic heterocycles. The van der Waals surface area contributed by atoms with Crippen LogP contribution in [0.3, 0.4) is 0 Å². The molecule has 0 spiro atoms. The van der Waals surface area contributed by atoms with Crippen molar-refractivity contribution >= 4 is 17.6 Å². The third kappa shape index (κ3) is 5.95. The Hall–Kier alpha value is -2.08. The van der Waals surface area contributed by atoms with E-state index in [4.69, 9.17) is 14.2 Å². The maximum Gasteiger partial charge on any atom is 0.341 e. The fourth-order valence-electron chi connectivity index (χ4n) is 3.73. The van der Waals surface area contributed by atoms with Gasteiger partial charge in [0.1, 0.15) is 16.9 Å². The van der Waals surface area contributed by atoms with E-state index in [1.807, 2.05) is 20.8 Å². The van der Waals surface area contributed by atoms with Crippen molar-refractivity contribution < 1.29 is 23.8 Å². The maximum absolute atomic E-state index is 13.2.